The second kappa shape index (κ2) is 12.2. The zero-order chi connectivity index (χ0) is 26.2. The highest BCUT2D eigenvalue weighted by molar-refractivity contribution is 5.87. The summed E-state index contributed by atoms with van der Waals surface area (Å²) < 4.78 is 20.7. The van der Waals surface area contributed by atoms with Crippen molar-refractivity contribution in [3.05, 3.63) is 83.6 Å². The molecule has 194 valence electrons. The molecule has 0 aliphatic carbocycles. The van der Waals surface area contributed by atoms with Crippen LogP contribution in [0.4, 0.5) is 0 Å². The highest BCUT2D eigenvalue weighted by atomic mass is 16.7. The fraction of sp³-hybridized carbons (Fsp3) is 0.276. The van der Waals surface area contributed by atoms with Gasteiger partial charge in [0.25, 0.3) is 0 Å². The Morgan fingerprint density at radius 3 is 2.38 bits per heavy atom. The number of carbonyl (C=O) groups is 1. The van der Waals surface area contributed by atoms with Gasteiger partial charge < -0.3 is 35.0 Å². The molecule has 1 amide bonds. The number of hydrogen-bond acceptors (Lipinski definition) is 6. The molecule has 0 unspecified atom stereocenters. The highest BCUT2D eigenvalue weighted by Gasteiger charge is 2.18. The molecule has 8 heteroatoms. The maximum absolute atomic E-state index is 12.4. The van der Waals surface area contributed by atoms with Crippen LogP contribution in [0.1, 0.15) is 16.8 Å². The number of fused-ring (bicyclic) bond motifs is 2. The number of nitrogens with two attached hydrogens (primary N) is 1. The minimum atomic E-state index is -0.594. The summed E-state index contributed by atoms with van der Waals surface area (Å²) in [5, 5.41) is 4.05. The van der Waals surface area contributed by atoms with E-state index in [0.29, 0.717) is 37.7 Å². The molecule has 0 radical (unpaired) electrons. The first-order valence-electron chi connectivity index (χ1n) is 12.1. The van der Waals surface area contributed by atoms with Gasteiger partial charge in [0.2, 0.25) is 12.7 Å². The predicted molar refractivity (Wildman–Crippen MR) is 144 cm³/mol. The van der Waals surface area contributed by atoms with Crippen LogP contribution in [-0.2, 0) is 17.6 Å². The van der Waals surface area contributed by atoms with Gasteiger partial charge in [-0.2, -0.15) is 0 Å². The molecule has 0 spiro atoms. The molecule has 0 fully saturated rings. The number of H-pyrrole nitrogens is 1. The quantitative estimate of drug-likeness (QED) is 0.334. The van der Waals surface area contributed by atoms with Crippen LogP contribution in [0, 0.1) is 6.92 Å². The number of aromatic amines is 1. The van der Waals surface area contributed by atoms with Crippen molar-refractivity contribution in [3.8, 4) is 23.0 Å². The summed E-state index contributed by atoms with van der Waals surface area (Å²) in [5.74, 6) is 2.91. The maximum Gasteiger partial charge on any atom is 0.237 e. The van der Waals surface area contributed by atoms with Crippen molar-refractivity contribution in [2.75, 3.05) is 27.6 Å². The Morgan fingerprint density at radius 1 is 1.00 bits per heavy atom. The third kappa shape index (κ3) is 6.34. The van der Waals surface area contributed by atoms with Gasteiger partial charge in [0.15, 0.2) is 23.0 Å². The number of carbonyl (C=O) groups excluding carboxylic acids is 1. The number of aryl methyl sites for hydroxylation is 1. The molecule has 4 N–H and O–H groups in total. The molecular formula is C29H33N3O5. The van der Waals surface area contributed by atoms with Crippen molar-refractivity contribution < 1.29 is 23.7 Å². The Labute approximate surface area is 216 Å². The van der Waals surface area contributed by atoms with Crippen LogP contribution >= 0.6 is 0 Å². The number of nitrogens with one attached hydrogen (secondary N) is 2. The van der Waals surface area contributed by atoms with Crippen molar-refractivity contribution in [3.63, 3.8) is 0 Å². The van der Waals surface area contributed by atoms with E-state index < -0.39 is 6.04 Å². The average molecular weight is 504 g/mol. The monoisotopic (exact) mass is 503 g/mol. The second-order valence-corrected chi connectivity index (χ2v) is 8.67. The van der Waals surface area contributed by atoms with Crippen molar-refractivity contribution in [1.82, 2.24) is 10.3 Å². The first-order valence-corrected chi connectivity index (χ1v) is 12.1. The molecule has 2 heterocycles. The average Bonchev–Trinajstić information content (AvgIpc) is 3.53. The van der Waals surface area contributed by atoms with Crippen LogP contribution in [0.25, 0.3) is 10.9 Å². The molecule has 4 aromatic rings. The molecule has 5 rings (SSSR count). The van der Waals surface area contributed by atoms with Crippen LogP contribution in [0.2, 0.25) is 0 Å². The van der Waals surface area contributed by atoms with E-state index in [-0.39, 0.29) is 5.91 Å². The lowest BCUT2D eigenvalue weighted by molar-refractivity contribution is -0.122. The Morgan fingerprint density at radius 2 is 1.68 bits per heavy atom. The van der Waals surface area contributed by atoms with E-state index >= 15 is 0 Å². The summed E-state index contributed by atoms with van der Waals surface area (Å²) in [5.41, 5.74) is 10.4. The van der Waals surface area contributed by atoms with Crippen molar-refractivity contribution in [1.29, 1.82) is 0 Å². The largest absolute Gasteiger partial charge is 0.493 e. The zero-order valence-corrected chi connectivity index (χ0v) is 21.4. The Hall–Kier alpha value is -4.17. The smallest absolute Gasteiger partial charge is 0.237 e. The van der Waals surface area contributed by atoms with Gasteiger partial charge in [-0.3, -0.25) is 4.79 Å². The Bertz CT molecular complexity index is 1330. The van der Waals surface area contributed by atoms with Gasteiger partial charge in [0, 0.05) is 23.1 Å². The third-order valence-corrected chi connectivity index (χ3v) is 6.23. The third-order valence-electron chi connectivity index (χ3n) is 6.23. The molecule has 8 nitrogen and oxygen atoms in total. The van der Waals surface area contributed by atoms with Crippen LogP contribution in [0.3, 0.4) is 0 Å². The van der Waals surface area contributed by atoms with Gasteiger partial charge in [-0.05, 0) is 61.2 Å². The number of ether oxygens (including phenoxy) is 4. The first-order chi connectivity index (χ1) is 18.0. The molecule has 0 bridgehead atoms. The van der Waals surface area contributed by atoms with E-state index in [0.717, 1.165) is 39.2 Å². The molecule has 37 heavy (non-hydrogen) atoms. The molecule has 0 saturated heterocycles. The minimum Gasteiger partial charge on any atom is -0.493 e. The number of benzene rings is 3. The van der Waals surface area contributed by atoms with Gasteiger partial charge in [-0.1, -0.05) is 36.4 Å². The lowest BCUT2D eigenvalue weighted by atomic mass is 10.0. The van der Waals surface area contributed by atoms with Crippen LogP contribution in [0.5, 0.6) is 23.0 Å². The first kappa shape index (κ1) is 25.9. The number of rotatable bonds is 8. The lowest BCUT2D eigenvalue weighted by Gasteiger charge is -2.13. The number of hydrogen-bond donors (Lipinski definition) is 3. The summed E-state index contributed by atoms with van der Waals surface area (Å²) in [6.45, 7) is 2.88. The Balaban J connectivity index is 0.000000295. The summed E-state index contributed by atoms with van der Waals surface area (Å²) in [7, 11) is 3.21. The summed E-state index contributed by atoms with van der Waals surface area (Å²) >= 11 is 0. The molecule has 1 aliphatic rings. The number of para-hydroxylation sites is 3. The fourth-order valence-corrected chi connectivity index (χ4v) is 4.25. The van der Waals surface area contributed by atoms with E-state index in [2.05, 4.69) is 16.4 Å². The molecule has 0 saturated carbocycles. The van der Waals surface area contributed by atoms with Crippen LogP contribution in [-0.4, -0.2) is 44.5 Å². The van der Waals surface area contributed by atoms with Crippen molar-refractivity contribution in [2.45, 2.75) is 25.8 Å². The topological polar surface area (TPSA) is 108 Å². The molecule has 1 atom stereocenters. The number of aromatic nitrogens is 1. The maximum atomic E-state index is 12.4. The van der Waals surface area contributed by atoms with Crippen LogP contribution < -0.4 is 30.0 Å². The highest BCUT2D eigenvalue weighted by Crippen LogP contribution is 2.30. The van der Waals surface area contributed by atoms with E-state index in [1.807, 2.05) is 67.6 Å². The van der Waals surface area contributed by atoms with E-state index in [1.165, 1.54) is 0 Å². The predicted octanol–water partition coefficient (Wildman–Crippen LogP) is 4.14. The van der Waals surface area contributed by atoms with Crippen LogP contribution in [0.15, 0.2) is 66.7 Å². The zero-order valence-electron chi connectivity index (χ0n) is 21.4. The molecular weight excluding hydrogens is 470 g/mol. The fourth-order valence-electron chi connectivity index (χ4n) is 4.25. The normalized spacial score (nSPS) is 12.4. The second-order valence-electron chi connectivity index (χ2n) is 8.67. The van der Waals surface area contributed by atoms with Crippen molar-refractivity contribution >= 4 is 16.8 Å². The van der Waals surface area contributed by atoms with E-state index in [9.17, 15) is 4.79 Å². The standard InChI is InChI=1S/C22H27N3O3.C7H6O2/c1-14-17(16-6-4-5-7-19(16)25-14)13-18(23)22(26)24-11-10-15-8-9-20(27-2)21(12-15)28-3;1-2-4-7-6(3-1)8-5-9-7/h4-9,12,18,25H,10-11,13,23H2,1-3H3,(H,24,26);1-4H,5H2/t18-;/m0./s1. The van der Waals surface area contributed by atoms with Gasteiger partial charge in [-0.25, -0.2) is 0 Å². The van der Waals surface area contributed by atoms with Gasteiger partial charge >= 0.3 is 0 Å². The lowest BCUT2D eigenvalue weighted by Crippen LogP contribution is -2.42. The summed E-state index contributed by atoms with van der Waals surface area (Å²) in [6.07, 6.45) is 1.18. The van der Waals surface area contributed by atoms with Gasteiger partial charge in [-0.15, -0.1) is 0 Å². The van der Waals surface area contributed by atoms with Gasteiger partial charge in [0.1, 0.15) is 0 Å². The molecule has 1 aromatic heterocycles. The summed E-state index contributed by atoms with van der Waals surface area (Å²) in [6, 6.07) is 20.8. The van der Waals surface area contributed by atoms with E-state index in [4.69, 9.17) is 24.7 Å². The van der Waals surface area contributed by atoms with Gasteiger partial charge in [0.05, 0.1) is 20.3 Å². The Kier molecular flexibility index (Phi) is 8.53. The SMILES string of the molecule is COc1ccc(CCNC(=O)[C@@H](N)Cc2c(C)[nH]c3ccccc23)cc1OC.c1ccc2c(c1)OCO2. The molecule has 1 aliphatic heterocycles. The van der Waals surface area contributed by atoms with Crippen molar-refractivity contribution in [2.24, 2.45) is 5.73 Å². The van der Waals surface area contributed by atoms with E-state index in [1.54, 1.807) is 14.2 Å². The molecule has 3 aromatic carbocycles. The summed E-state index contributed by atoms with van der Waals surface area (Å²) in [4.78, 5) is 15.8. The number of amides is 1. The number of methoxy groups -OCH3 is 2. The minimum absolute atomic E-state index is 0.148.